The summed E-state index contributed by atoms with van der Waals surface area (Å²) in [4.78, 5) is 12.6. The van der Waals surface area contributed by atoms with Crippen molar-refractivity contribution in [2.45, 2.75) is 13.5 Å². The van der Waals surface area contributed by atoms with Gasteiger partial charge in [-0.3, -0.25) is 9.10 Å². The Morgan fingerprint density at radius 2 is 1.72 bits per heavy atom. The van der Waals surface area contributed by atoms with Gasteiger partial charge in [0.15, 0.2) is 0 Å². The Hall–Kier alpha value is -3.52. The summed E-state index contributed by atoms with van der Waals surface area (Å²) in [5, 5.41) is 2.82. The van der Waals surface area contributed by atoms with Gasteiger partial charge >= 0.3 is 0 Å². The van der Waals surface area contributed by atoms with Crippen molar-refractivity contribution in [3.05, 3.63) is 83.9 Å². The zero-order valence-electron chi connectivity index (χ0n) is 18.2. The van der Waals surface area contributed by atoms with E-state index in [2.05, 4.69) is 5.32 Å². The monoisotopic (exact) mass is 454 g/mol. The van der Waals surface area contributed by atoms with Crippen LogP contribution < -0.4 is 19.1 Å². The first-order valence-electron chi connectivity index (χ1n) is 10.1. The molecule has 168 valence electrons. The van der Waals surface area contributed by atoms with Crippen LogP contribution in [0, 0.1) is 0 Å². The second-order valence-corrected chi connectivity index (χ2v) is 8.96. The molecular formula is C24H26N2O5S. The number of ether oxygens (including phenoxy) is 2. The van der Waals surface area contributed by atoms with Crippen LogP contribution in [-0.4, -0.2) is 34.3 Å². The van der Waals surface area contributed by atoms with E-state index >= 15 is 0 Å². The van der Waals surface area contributed by atoms with Crippen LogP contribution in [0.3, 0.4) is 0 Å². The molecule has 0 aliphatic heterocycles. The van der Waals surface area contributed by atoms with Crippen LogP contribution in [0.25, 0.3) is 0 Å². The van der Waals surface area contributed by atoms with E-state index in [-0.39, 0.29) is 12.5 Å². The summed E-state index contributed by atoms with van der Waals surface area (Å²) in [5.74, 6) is 0.868. The first kappa shape index (κ1) is 23.1. The molecule has 0 bridgehead atoms. The van der Waals surface area contributed by atoms with Crippen molar-refractivity contribution in [1.82, 2.24) is 0 Å². The molecule has 0 aliphatic rings. The first-order chi connectivity index (χ1) is 15.3. The maximum atomic E-state index is 12.6. The Bertz CT molecular complexity index is 1180. The minimum absolute atomic E-state index is 0.112. The van der Waals surface area contributed by atoms with E-state index in [0.29, 0.717) is 35.0 Å². The summed E-state index contributed by atoms with van der Waals surface area (Å²) in [6.07, 6.45) is 1.16. The second-order valence-electron chi connectivity index (χ2n) is 7.05. The van der Waals surface area contributed by atoms with Crippen LogP contribution in [0.2, 0.25) is 0 Å². The molecule has 32 heavy (non-hydrogen) atoms. The third-order valence-electron chi connectivity index (χ3n) is 4.70. The summed E-state index contributed by atoms with van der Waals surface area (Å²) in [6.45, 7) is 2.38. The molecule has 3 aromatic rings. The summed E-state index contributed by atoms with van der Waals surface area (Å²) < 4.78 is 37.1. The second kappa shape index (κ2) is 10.2. The highest BCUT2D eigenvalue weighted by molar-refractivity contribution is 7.92. The van der Waals surface area contributed by atoms with E-state index < -0.39 is 10.0 Å². The molecule has 0 saturated heterocycles. The maximum absolute atomic E-state index is 12.6. The number of methoxy groups -OCH3 is 1. The average molecular weight is 455 g/mol. The number of benzene rings is 3. The van der Waals surface area contributed by atoms with Crippen molar-refractivity contribution in [1.29, 1.82) is 0 Å². The van der Waals surface area contributed by atoms with Gasteiger partial charge in [0.05, 0.1) is 32.2 Å². The number of carbonyl (C=O) groups excluding carboxylic acids is 1. The topological polar surface area (TPSA) is 84.9 Å². The lowest BCUT2D eigenvalue weighted by molar-refractivity contribution is 0.102. The Morgan fingerprint density at radius 3 is 2.38 bits per heavy atom. The number of nitrogens with one attached hydrogen (secondary N) is 1. The van der Waals surface area contributed by atoms with E-state index in [0.717, 1.165) is 11.8 Å². The quantitative estimate of drug-likeness (QED) is 0.521. The van der Waals surface area contributed by atoms with Gasteiger partial charge in [-0.15, -0.1) is 0 Å². The molecule has 0 atom stereocenters. The van der Waals surface area contributed by atoms with Gasteiger partial charge in [-0.1, -0.05) is 30.3 Å². The summed E-state index contributed by atoms with van der Waals surface area (Å²) >= 11 is 0. The van der Waals surface area contributed by atoms with Crippen LogP contribution in [-0.2, 0) is 16.6 Å². The molecule has 0 saturated carbocycles. The van der Waals surface area contributed by atoms with Crippen LogP contribution >= 0.6 is 0 Å². The smallest absolute Gasteiger partial charge is 0.255 e. The van der Waals surface area contributed by atoms with Crippen molar-refractivity contribution in [2.75, 3.05) is 29.6 Å². The highest BCUT2D eigenvalue weighted by atomic mass is 32.2. The fourth-order valence-electron chi connectivity index (χ4n) is 3.15. The number of sulfonamides is 1. The lowest BCUT2D eigenvalue weighted by atomic mass is 10.1. The molecule has 0 fully saturated rings. The number of amides is 1. The normalized spacial score (nSPS) is 11.0. The molecule has 0 spiro atoms. The van der Waals surface area contributed by atoms with Crippen molar-refractivity contribution < 1.29 is 22.7 Å². The molecule has 8 heteroatoms. The zero-order chi connectivity index (χ0) is 23.1. The number of nitrogens with zero attached hydrogens (tertiary/aromatic N) is 1. The van der Waals surface area contributed by atoms with E-state index in [9.17, 15) is 13.2 Å². The Morgan fingerprint density at radius 1 is 1.00 bits per heavy atom. The minimum atomic E-state index is -3.57. The average Bonchev–Trinajstić information content (AvgIpc) is 2.78. The Kier molecular flexibility index (Phi) is 7.37. The fraction of sp³-hybridized carbons (Fsp3) is 0.208. The number of anilines is 2. The number of hydrogen-bond acceptors (Lipinski definition) is 5. The van der Waals surface area contributed by atoms with Crippen molar-refractivity contribution in [3.8, 4) is 11.5 Å². The van der Waals surface area contributed by atoms with Gasteiger partial charge in [0.2, 0.25) is 10.0 Å². The maximum Gasteiger partial charge on any atom is 0.255 e. The standard InChI is InChI=1S/C24H26N2O5S/c1-4-31-23-11-6-5-10-22(23)26(32(3,28)29)17-18-12-14-19(15-13-18)24(27)25-20-8-7-9-21(16-20)30-2/h5-16H,4,17H2,1-3H3,(H,25,27). The highest BCUT2D eigenvalue weighted by Gasteiger charge is 2.21. The zero-order valence-corrected chi connectivity index (χ0v) is 19.1. The van der Waals surface area contributed by atoms with Crippen LogP contribution in [0.5, 0.6) is 11.5 Å². The van der Waals surface area contributed by atoms with E-state index in [4.69, 9.17) is 9.47 Å². The molecule has 1 amide bonds. The molecule has 0 radical (unpaired) electrons. The molecular weight excluding hydrogens is 428 g/mol. The number of carbonyl (C=O) groups is 1. The summed E-state index contributed by atoms with van der Waals surface area (Å²) in [5.41, 5.74) is 2.28. The lowest BCUT2D eigenvalue weighted by Gasteiger charge is -2.24. The van der Waals surface area contributed by atoms with Gasteiger partial charge in [-0.05, 0) is 48.9 Å². The molecule has 1 N–H and O–H groups in total. The fourth-order valence-corrected chi connectivity index (χ4v) is 4.04. The van der Waals surface area contributed by atoms with Gasteiger partial charge in [-0.25, -0.2) is 8.42 Å². The molecule has 0 aromatic heterocycles. The van der Waals surface area contributed by atoms with Crippen LogP contribution in [0.1, 0.15) is 22.8 Å². The Labute approximate surface area is 188 Å². The van der Waals surface area contributed by atoms with Crippen LogP contribution in [0.15, 0.2) is 72.8 Å². The van der Waals surface area contributed by atoms with Gasteiger partial charge in [-0.2, -0.15) is 0 Å². The minimum Gasteiger partial charge on any atom is -0.497 e. The summed E-state index contributed by atoms with van der Waals surface area (Å²) in [7, 11) is -2.01. The van der Waals surface area contributed by atoms with Gasteiger partial charge in [0.25, 0.3) is 5.91 Å². The molecule has 3 rings (SSSR count). The lowest BCUT2D eigenvalue weighted by Crippen LogP contribution is -2.29. The third kappa shape index (κ3) is 5.79. The molecule has 0 heterocycles. The molecule has 7 nitrogen and oxygen atoms in total. The van der Waals surface area contributed by atoms with E-state index in [1.807, 2.05) is 6.92 Å². The molecule has 3 aromatic carbocycles. The highest BCUT2D eigenvalue weighted by Crippen LogP contribution is 2.31. The first-order valence-corrected chi connectivity index (χ1v) is 11.9. The number of hydrogen-bond donors (Lipinski definition) is 1. The predicted molar refractivity (Wildman–Crippen MR) is 126 cm³/mol. The van der Waals surface area contributed by atoms with Gasteiger partial charge in [0, 0.05) is 17.3 Å². The SMILES string of the molecule is CCOc1ccccc1N(Cc1ccc(C(=O)Nc2cccc(OC)c2)cc1)S(C)(=O)=O. The van der Waals surface area contributed by atoms with Gasteiger partial charge < -0.3 is 14.8 Å². The van der Waals surface area contributed by atoms with Crippen LogP contribution in [0.4, 0.5) is 11.4 Å². The van der Waals surface area contributed by atoms with Crippen molar-refractivity contribution in [3.63, 3.8) is 0 Å². The third-order valence-corrected chi connectivity index (χ3v) is 5.83. The van der Waals surface area contributed by atoms with Crippen molar-refractivity contribution in [2.24, 2.45) is 0 Å². The predicted octanol–water partition coefficient (Wildman–Crippen LogP) is 4.31. The number of para-hydroxylation sites is 2. The van der Waals surface area contributed by atoms with Gasteiger partial charge in [0.1, 0.15) is 11.5 Å². The molecule has 0 unspecified atom stereocenters. The number of rotatable bonds is 9. The van der Waals surface area contributed by atoms with E-state index in [1.165, 1.54) is 4.31 Å². The van der Waals surface area contributed by atoms with E-state index in [1.54, 1.807) is 79.9 Å². The van der Waals surface area contributed by atoms with Crippen molar-refractivity contribution >= 4 is 27.3 Å². The molecule has 0 aliphatic carbocycles. The summed E-state index contributed by atoms with van der Waals surface area (Å²) in [6, 6.07) is 20.9. The largest absolute Gasteiger partial charge is 0.497 e. The Balaban J connectivity index is 1.79.